The number of esters is 1. The van der Waals surface area contributed by atoms with Crippen LogP contribution in [0, 0.1) is 6.92 Å². The Morgan fingerprint density at radius 3 is 2.69 bits per heavy atom. The average Bonchev–Trinajstić information content (AvgIpc) is 3.11. The summed E-state index contributed by atoms with van der Waals surface area (Å²) >= 11 is 13.8. The number of amides is 1. The molecule has 1 aromatic heterocycles. The van der Waals surface area contributed by atoms with E-state index in [0.29, 0.717) is 22.2 Å². The van der Waals surface area contributed by atoms with Crippen molar-refractivity contribution in [1.29, 1.82) is 0 Å². The molecule has 152 valence electrons. The summed E-state index contributed by atoms with van der Waals surface area (Å²) in [4.78, 5) is 30.9. The summed E-state index contributed by atoms with van der Waals surface area (Å²) < 4.78 is 5.83. The summed E-state index contributed by atoms with van der Waals surface area (Å²) in [6.07, 6.45) is 0.0977. The fourth-order valence-corrected chi connectivity index (χ4v) is 4.26. The lowest BCUT2D eigenvalue weighted by Crippen LogP contribution is -2.30. The number of aromatic nitrogens is 1. The number of nitrogens with zero attached hydrogens (tertiary/aromatic N) is 2. The van der Waals surface area contributed by atoms with Gasteiger partial charge in [-0.3, -0.25) is 9.59 Å². The Morgan fingerprint density at radius 2 is 1.97 bits per heavy atom. The topological polar surface area (TPSA) is 59.5 Å². The van der Waals surface area contributed by atoms with Crippen LogP contribution in [0.1, 0.15) is 30.3 Å². The summed E-state index contributed by atoms with van der Waals surface area (Å²) in [5, 5.41) is 1.58. The molecule has 5 nitrogen and oxygen atoms in total. The van der Waals surface area contributed by atoms with Gasteiger partial charge in [0, 0.05) is 12.1 Å². The molecular formula is C21H20Cl2N2O3S. The molecule has 0 aliphatic rings. The second kappa shape index (κ2) is 9.57. The van der Waals surface area contributed by atoms with E-state index in [9.17, 15) is 9.59 Å². The Bertz CT molecular complexity index is 1050. The van der Waals surface area contributed by atoms with Crippen LogP contribution in [0.4, 0.5) is 5.69 Å². The summed E-state index contributed by atoms with van der Waals surface area (Å²) in [7, 11) is 0. The van der Waals surface area contributed by atoms with Gasteiger partial charge in [-0.2, -0.15) is 0 Å². The van der Waals surface area contributed by atoms with Crippen molar-refractivity contribution >= 4 is 62.3 Å². The number of carbonyl (C=O) groups is 2. The minimum Gasteiger partial charge on any atom is -0.466 e. The van der Waals surface area contributed by atoms with Gasteiger partial charge in [0.25, 0.3) is 0 Å². The lowest BCUT2D eigenvalue weighted by Gasteiger charge is -2.22. The van der Waals surface area contributed by atoms with E-state index < -0.39 is 0 Å². The third-order valence-electron chi connectivity index (χ3n) is 4.25. The number of anilines is 1. The Hall–Kier alpha value is -2.15. The number of hydrogen-bond acceptors (Lipinski definition) is 5. The second-order valence-corrected chi connectivity index (χ2v) is 8.34. The van der Waals surface area contributed by atoms with Gasteiger partial charge in [-0.15, -0.1) is 11.3 Å². The minimum atomic E-state index is -0.383. The van der Waals surface area contributed by atoms with E-state index in [1.54, 1.807) is 17.9 Å². The van der Waals surface area contributed by atoms with Gasteiger partial charge in [0.05, 0.1) is 34.3 Å². The Morgan fingerprint density at radius 1 is 1.17 bits per heavy atom. The molecule has 3 aromatic rings. The van der Waals surface area contributed by atoms with E-state index >= 15 is 0 Å². The van der Waals surface area contributed by atoms with Crippen LogP contribution in [0.2, 0.25) is 10.0 Å². The molecular weight excluding hydrogens is 431 g/mol. The maximum Gasteiger partial charge on any atom is 0.306 e. The number of thiazole rings is 1. The Kier molecular flexibility index (Phi) is 7.11. The predicted octanol–water partition coefficient (Wildman–Crippen LogP) is 5.79. The molecule has 0 saturated carbocycles. The van der Waals surface area contributed by atoms with Crippen LogP contribution in [0.25, 0.3) is 10.2 Å². The van der Waals surface area contributed by atoms with E-state index in [0.717, 1.165) is 21.0 Å². The van der Waals surface area contributed by atoms with Crippen LogP contribution in [-0.2, 0) is 20.9 Å². The highest BCUT2D eigenvalue weighted by molar-refractivity contribution is 7.18. The summed E-state index contributed by atoms with van der Waals surface area (Å²) in [6.45, 7) is 4.27. The monoisotopic (exact) mass is 450 g/mol. The van der Waals surface area contributed by atoms with Gasteiger partial charge in [0.1, 0.15) is 10.5 Å². The van der Waals surface area contributed by atoms with Gasteiger partial charge in [-0.05, 0) is 43.7 Å². The number of carbonyl (C=O) groups excluding carboxylic acids is 2. The highest BCUT2D eigenvalue weighted by Gasteiger charge is 2.20. The molecule has 29 heavy (non-hydrogen) atoms. The highest BCUT2D eigenvalue weighted by atomic mass is 35.5. The predicted molar refractivity (Wildman–Crippen MR) is 118 cm³/mol. The van der Waals surface area contributed by atoms with Crippen molar-refractivity contribution in [1.82, 2.24) is 4.98 Å². The molecule has 0 fully saturated rings. The van der Waals surface area contributed by atoms with Crippen LogP contribution in [0.5, 0.6) is 0 Å². The van der Waals surface area contributed by atoms with Crippen LogP contribution in [-0.4, -0.2) is 23.5 Å². The van der Waals surface area contributed by atoms with Crippen molar-refractivity contribution in [2.45, 2.75) is 33.2 Å². The first kappa shape index (κ1) is 21.6. The fraction of sp³-hybridized carbons (Fsp3) is 0.286. The van der Waals surface area contributed by atoms with Crippen molar-refractivity contribution < 1.29 is 14.3 Å². The molecule has 0 aliphatic heterocycles. The first-order valence-corrected chi connectivity index (χ1v) is 10.7. The average molecular weight is 451 g/mol. The number of halogens is 2. The highest BCUT2D eigenvalue weighted by Crippen LogP contribution is 2.34. The first-order valence-electron chi connectivity index (χ1n) is 9.15. The zero-order chi connectivity index (χ0) is 21.0. The number of hydrogen-bond donors (Lipinski definition) is 0. The molecule has 0 spiro atoms. The van der Waals surface area contributed by atoms with Crippen molar-refractivity contribution in [3.63, 3.8) is 0 Å². The lowest BCUT2D eigenvalue weighted by molar-refractivity contribution is -0.144. The summed E-state index contributed by atoms with van der Waals surface area (Å²) in [6, 6.07) is 11.3. The van der Waals surface area contributed by atoms with Crippen molar-refractivity contribution in [2.75, 3.05) is 11.5 Å². The zero-order valence-electron chi connectivity index (χ0n) is 16.1. The second-order valence-electron chi connectivity index (χ2n) is 6.44. The third-order valence-corrected chi connectivity index (χ3v) is 6.05. The third kappa shape index (κ3) is 5.26. The van der Waals surface area contributed by atoms with Gasteiger partial charge in [0.15, 0.2) is 0 Å². The molecule has 0 N–H and O–H groups in total. The smallest absolute Gasteiger partial charge is 0.306 e. The SMILES string of the molecule is CCOC(=O)CCC(=O)N(Cc1nc2c(Cl)c(Cl)ccc2s1)c1cccc(C)c1. The van der Waals surface area contributed by atoms with E-state index in [1.165, 1.54) is 11.3 Å². The van der Waals surface area contributed by atoms with E-state index in [4.69, 9.17) is 27.9 Å². The maximum atomic E-state index is 13.0. The molecule has 1 heterocycles. The van der Waals surface area contributed by atoms with E-state index in [2.05, 4.69) is 4.98 Å². The number of benzene rings is 2. The quantitative estimate of drug-likeness (QED) is 0.427. The van der Waals surface area contributed by atoms with Crippen LogP contribution >= 0.6 is 34.5 Å². The van der Waals surface area contributed by atoms with Gasteiger partial charge < -0.3 is 9.64 Å². The molecule has 0 atom stereocenters. The molecule has 0 bridgehead atoms. The van der Waals surface area contributed by atoms with Crippen LogP contribution in [0.15, 0.2) is 36.4 Å². The fourth-order valence-electron chi connectivity index (χ4n) is 2.88. The zero-order valence-corrected chi connectivity index (χ0v) is 18.4. The van der Waals surface area contributed by atoms with Crippen molar-refractivity contribution in [3.8, 4) is 0 Å². The van der Waals surface area contributed by atoms with Crippen molar-refractivity contribution in [2.24, 2.45) is 0 Å². The van der Waals surface area contributed by atoms with Gasteiger partial charge >= 0.3 is 5.97 Å². The Labute approximate surface area is 183 Å². The molecule has 8 heteroatoms. The minimum absolute atomic E-state index is 0.0380. The van der Waals surface area contributed by atoms with Gasteiger partial charge in [-0.25, -0.2) is 4.98 Å². The number of ether oxygens (including phenoxy) is 1. The summed E-state index contributed by atoms with van der Waals surface area (Å²) in [5.74, 6) is -0.557. The largest absolute Gasteiger partial charge is 0.466 e. The molecule has 0 saturated heterocycles. The van der Waals surface area contributed by atoms with Crippen molar-refractivity contribution in [3.05, 3.63) is 57.0 Å². The molecule has 2 aromatic carbocycles. The molecule has 3 rings (SSSR count). The summed E-state index contributed by atoms with van der Waals surface area (Å²) in [5.41, 5.74) is 2.41. The molecule has 0 aliphatic carbocycles. The Balaban J connectivity index is 1.88. The molecule has 1 amide bonds. The number of fused-ring (bicyclic) bond motifs is 1. The van der Waals surface area contributed by atoms with E-state index in [1.807, 2.05) is 37.3 Å². The standard InChI is InChI=1S/C21H20Cl2N2O3S/c1-3-28-19(27)10-9-18(26)25(14-6-4-5-13(2)11-14)12-17-24-21-16(29-17)8-7-15(22)20(21)23/h4-8,11H,3,9-10,12H2,1-2H3. The lowest BCUT2D eigenvalue weighted by atomic mass is 10.2. The number of aryl methyl sites for hydroxylation is 1. The van der Waals surface area contributed by atoms with Gasteiger partial charge in [-0.1, -0.05) is 35.3 Å². The van der Waals surface area contributed by atoms with Crippen LogP contribution in [0.3, 0.4) is 0 Å². The maximum absolute atomic E-state index is 13.0. The van der Waals surface area contributed by atoms with Crippen LogP contribution < -0.4 is 4.90 Å². The van der Waals surface area contributed by atoms with Gasteiger partial charge in [0.2, 0.25) is 5.91 Å². The first-order chi connectivity index (χ1) is 13.9. The van der Waals surface area contributed by atoms with E-state index in [-0.39, 0.29) is 31.3 Å². The molecule has 0 unspecified atom stereocenters. The normalized spacial score (nSPS) is 10.9. The molecule has 0 radical (unpaired) electrons. The number of rotatable bonds is 7.